The summed E-state index contributed by atoms with van der Waals surface area (Å²) in [5, 5.41) is 0. The molecule has 10 nitrogen and oxygen atoms in total. The molecule has 2 rings (SSSR count). The van der Waals surface area contributed by atoms with E-state index in [-0.39, 0.29) is 24.7 Å². The van der Waals surface area contributed by atoms with Crippen LogP contribution in [-0.4, -0.2) is 52.4 Å². The van der Waals surface area contributed by atoms with Crippen molar-refractivity contribution in [1.82, 2.24) is 0 Å². The normalized spacial score (nSPS) is 11.5. The molecule has 0 aliphatic carbocycles. The minimum atomic E-state index is -4.89. The summed E-state index contributed by atoms with van der Waals surface area (Å²) < 4.78 is 76.5. The minimum absolute atomic E-state index is 0.0945. The highest BCUT2D eigenvalue weighted by atomic mass is 32.3. The van der Waals surface area contributed by atoms with Crippen LogP contribution >= 0.6 is 0 Å². The van der Waals surface area contributed by atoms with E-state index in [0.29, 0.717) is 37.6 Å². The zero-order valence-corrected chi connectivity index (χ0v) is 26.1. The van der Waals surface area contributed by atoms with Crippen molar-refractivity contribution in [2.45, 2.75) is 88.9 Å². The van der Waals surface area contributed by atoms with Crippen LogP contribution in [0.3, 0.4) is 0 Å². The molecular formula is C29H42N2O8S2. The van der Waals surface area contributed by atoms with Crippen molar-refractivity contribution in [3.05, 3.63) is 41.9 Å². The number of sulfone groups is 2. The lowest BCUT2D eigenvalue weighted by molar-refractivity contribution is 0.00377. The Hall–Kier alpha value is -3.08. The van der Waals surface area contributed by atoms with Gasteiger partial charge < -0.3 is 24.5 Å². The van der Waals surface area contributed by atoms with Crippen LogP contribution in [0.15, 0.2) is 46.2 Å². The molecule has 0 saturated carbocycles. The van der Waals surface area contributed by atoms with Crippen LogP contribution < -0.4 is 18.9 Å². The summed E-state index contributed by atoms with van der Waals surface area (Å²) in [4.78, 5) is 1.88. The van der Waals surface area contributed by atoms with Crippen LogP contribution in [0.1, 0.15) is 79.1 Å². The lowest BCUT2D eigenvalue weighted by Gasteiger charge is -2.14. The summed E-state index contributed by atoms with van der Waals surface area (Å²) in [6.07, 6.45) is 6.31. The first kappa shape index (κ1) is 34.1. The second kappa shape index (κ2) is 17.0. The molecule has 12 heteroatoms. The van der Waals surface area contributed by atoms with E-state index in [4.69, 9.17) is 18.9 Å². The first-order valence-electron chi connectivity index (χ1n) is 14.2. The molecular weight excluding hydrogens is 568 g/mol. The third-order valence-corrected chi connectivity index (χ3v) is 10.2. The molecule has 0 unspecified atom stereocenters. The Morgan fingerprint density at radius 3 is 1.27 bits per heavy atom. The van der Waals surface area contributed by atoms with E-state index in [0.717, 1.165) is 38.5 Å². The Kier molecular flexibility index (Phi) is 14.2. The van der Waals surface area contributed by atoms with Gasteiger partial charge in [-0.2, -0.15) is 0 Å². The maximum atomic E-state index is 13.8. The van der Waals surface area contributed by atoms with Crippen molar-refractivity contribution in [3.63, 3.8) is 0 Å². The van der Waals surface area contributed by atoms with Gasteiger partial charge in [-0.05, 0) is 49.9 Å². The van der Waals surface area contributed by atoms with Crippen molar-refractivity contribution < 1.29 is 40.6 Å². The number of rotatable bonds is 18. The van der Waals surface area contributed by atoms with Crippen molar-refractivity contribution in [3.8, 4) is 23.0 Å². The van der Waals surface area contributed by atoms with E-state index in [1.165, 1.54) is 36.4 Å². The Balaban J connectivity index is 2.57. The van der Waals surface area contributed by atoms with Gasteiger partial charge in [0.2, 0.25) is 0 Å². The predicted molar refractivity (Wildman–Crippen MR) is 157 cm³/mol. The van der Waals surface area contributed by atoms with Crippen LogP contribution in [0.25, 0.3) is 5.53 Å². The summed E-state index contributed by atoms with van der Waals surface area (Å²) in [6.45, 7) is 9.18. The van der Waals surface area contributed by atoms with Gasteiger partial charge >= 0.3 is 4.38 Å². The van der Waals surface area contributed by atoms with Crippen LogP contribution in [0.4, 0.5) is 0 Å². The molecule has 0 fully saturated rings. The molecule has 0 aliphatic heterocycles. The van der Waals surface area contributed by atoms with Gasteiger partial charge in [0.25, 0.3) is 19.7 Å². The fraction of sp³-hybridized carbons (Fsp3) is 0.552. The first-order valence-corrected chi connectivity index (χ1v) is 17.1. The Morgan fingerprint density at radius 1 is 0.610 bits per heavy atom. The summed E-state index contributed by atoms with van der Waals surface area (Å²) in [7, 11) is -9.78. The van der Waals surface area contributed by atoms with Crippen LogP contribution in [-0.2, 0) is 19.7 Å². The van der Waals surface area contributed by atoms with E-state index in [1.54, 1.807) is 0 Å². The van der Waals surface area contributed by atoms with E-state index in [2.05, 4.69) is 4.79 Å². The van der Waals surface area contributed by atoms with Gasteiger partial charge in [-0.25, -0.2) is 16.8 Å². The molecule has 2 aromatic carbocycles. The SMILES string of the molecule is CCCCOc1ccc(S(=O)(=O)C(=[N+]=[N-])S(=O)(=O)c2ccc(OCCCC)cc2OCCCC)c(OCCCC)c1. The monoisotopic (exact) mass is 610 g/mol. The molecule has 228 valence electrons. The van der Waals surface area contributed by atoms with Gasteiger partial charge in [0, 0.05) is 12.1 Å². The van der Waals surface area contributed by atoms with Gasteiger partial charge in [0.1, 0.15) is 32.8 Å². The van der Waals surface area contributed by atoms with Crippen molar-refractivity contribution in [2.24, 2.45) is 0 Å². The largest absolute Gasteiger partial charge is 0.504 e. The number of hydrogen-bond acceptors (Lipinski definition) is 8. The lowest BCUT2D eigenvalue weighted by atomic mass is 10.3. The molecule has 0 N–H and O–H groups in total. The molecule has 2 aromatic rings. The quantitative estimate of drug-likeness (QED) is 0.0635. The maximum absolute atomic E-state index is 13.8. The Bertz CT molecular complexity index is 1290. The maximum Gasteiger partial charge on any atom is 0.504 e. The molecule has 41 heavy (non-hydrogen) atoms. The fourth-order valence-corrected chi connectivity index (χ4v) is 7.13. The molecule has 0 bridgehead atoms. The van der Waals surface area contributed by atoms with Gasteiger partial charge in [-0.15, -0.1) is 4.79 Å². The van der Waals surface area contributed by atoms with Gasteiger partial charge in [0.15, 0.2) is 0 Å². The first-order chi connectivity index (χ1) is 19.7. The van der Waals surface area contributed by atoms with Crippen LogP contribution in [0.5, 0.6) is 23.0 Å². The molecule has 0 radical (unpaired) electrons. The van der Waals surface area contributed by atoms with Gasteiger partial charge in [-0.1, -0.05) is 53.4 Å². The Morgan fingerprint density at radius 2 is 0.951 bits per heavy atom. The van der Waals surface area contributed by atoms with E-state index in [9.17, 15) is 22.4 Å². The average Bonchev–Trinajstić information content (AvgIpc) is 2.94. The van der Waals surface area contributed by atoms with Crippen LogP contribution in [0.2, 0.25) is 0 Å². The van der Waals surface area contributed by atoms with Crippen molar-refractivity contribution >= 4 is 24.1 Å². The van der Waals surface area contributed by atoms with Gasteiger partial charge in [0.05, 0.1) is 26.4 Å². The molecule has 0 aliphatic rings. The summed E-state index contributed by atoms with van der Waals surface area (Å²) in [5.74, 6) is 0.560. The third kappa shape index (κ3) is 9.48. The van der Waals surface area contributed by atoms with E-state index < -0.39 is 33.8 Å². The summed E-state index contributed by atoms with van der Waals surface area (Å²) in [6, 6.07) is 8.03. The van der Waals surface area contributed by atoms with E-state index in [1.807, 2.05) is 27.7 Å². The fourth-order valence-electron chi connectivity index (χ4n) is 3.59. The topological polar surface area (TPSA) is 142 Å². The number of benzene rings is 2. The third-order valence-electron chi connectivity index (χ3n) is 5.99. The molecule has 0 atom stereocenters. The number of ether oxygens (including phenoxy) is 4. The molecule has 0 spiro atoms. The second-order valence-corrected chi connectivity index (χ2v) is 13.3. The van der Waals surface area contributed by atoms with Crippen LogP contribution in [0, 0.1) is 0 Å². The zero-order chi connectivity index (χ0) is 30.3. The van der Waals surface area contributed by atoms with E-state index >= 15 is 0 Å². The lowest BCUT2D eigenvalue weighted by Crippen LogP contribution is -2.27. The summed E-state index contributed by atoms with van der Waals surface area (Å²) >= 11 is 0. The number of hydrogen-bond donors (Lipinski definition) is 0. The predicted octanol–water partition coefficient (Wildman–Crippen LogP) is 6.24. The summed E-state index contributed by atoms with van der Waals surface area (Å²) in [5.41, 5.74) is 9.82. The molecule has 0 saturated heterocycles. The Labute approximate surface area is 244 Å². The van der Waals surface area contributed by atoms with Crippen molar-refractivity contribution in [1.29, 1.82) is 0 Å². The highest BCUT2D eigenvalue weighted by molar-refractivity contribution is 8.31. The standard InChI is InChI=1S/C29H42N2O8S2/c1-5-9-17-36-23-13-15-27(25(21-23)38-19-11-7-3)40(32,33)29(31-30)41(34,35)28-16-14-24(37-18-10-6-2)22-26(28)39-20-12-8-4/h13-16,21-22H,5-12,17-20H2,1-4H3. The minimum Gasteiger partial charge on any atom is -0.493 e. The van der Waals surface area contributed by atoms with Gasteiger partial charge in [-0.3, -0.25) is 0 Å². The molecule has 0 heterocycles. The number of nitrogens with zero attached hydrogens (tertiary/aromatic N) is 2. The highest BCUT2D eigenvalue weighted by Crippen LogP contribution is 2.35. The average molecular weight is 611 g/mol. The molecule has 0 amide bonds. The van der Waals surface area contributed by atoms with Crippen molar-refractivity contribution in [2.75, 3.05) is 26.4 Å². The molecule has 0 aromatic heterocycles. The zero-order valence-electron chi connectivity index (χ0n) is 24.4. The smallest absolute Gasteiger partial charge is 0.493 e. The highest BCUT2D eigenvalue weighted by Gasteiger charge is 2.47. The number of unbranched alkanes of at least 4 members (excludes halogenated alkanes) is 4. The second-order valence-electron chi connectivity index (χ2n) is 9.40.